The standard InChI is InChI=1S/C14H18N4O6S/c1-18(24-2)25(22,23)11-7-3-9(4-8-11)12(19)16-17-14(21)13(20)15-10-5-6-10/h3-4,7-8,10H,5-6H2,1-2H3,(H,15,20)(H,16,19)(H,17,21). The van der Waals surface area contributed by atoms with Crippen LogP contribution in [0.5, 0.6) is 0 Å². The van der Waals surface area contributed by atoms with Crippen molar-refractivity contribution in [2.24, 2.45) is 0 Å². The number of hydroxylamine groups is 1. The van der Waals surface area contributed by atoms with Crippen LogP contribution in [0.1, 0.15) is 23.2 Å². The van der Waals surface area contributed by atoms with Crippen LogP contribution in [-0.2, 0) is 24.4 Å². The number of sulfonamides is 1. The Kier molecular flexibility index (Phi) is 5.72. The molecule has 1 fully saturated rings. The summed E-state index contributed by atoms with van der Waals surface area (Å²) < 4.78 is 24.7. The number of nitrogens with one attached hydrogen (secondary N) is 3. The molecule has 1 aliphatic carbocycles. The topological polar surface area (TPSA) is 134 Å². The van der Waals surface area contributed by atoms with E-state index in [1.165, 1.54) is 38.4 Å². The van der Waals surface area contributed by atoms with Gasteiger partial charge in [-0.25, -0.2) is 8.42 Å². The van der Waals surface area contributed by atoms with Gasteiger partial charge in [0, 0.05) is 18.7 Å². The number of carbonyl (C=O) groups excluding carboxylic acids is 3. The van der Waals surface area contributed by atoms with Gasteiger partial charge in [-0.1, -0.05) is 4.47 Å². The molecule has 0 aliphatic heterocycles. The van der Waals surface area contributed by atoms with Gasteiger partial charge in [0.05, 0.1) is 12.0 Å². The zero-order valence-electron chi connectivity index (χ0n) is 13.6. The fourth-order valence-corrected chi connectivity index (χ4v) is 2.72. The van der Waals surface area contributed by atoms with E-state index in [4.69, 9.17) is 0 Å². The molecule has 1 aliphatic rings. The molecule has 1 aromatic carbocycles. The van der Waals surface area contributed by atoms with Crippen molar-refractivity contribution in [2.75, 3.05) is 14.2 Å². The molecule has 0 spiro atoms. The smallest absolute Gasteiger partial charge is 0.327 e. The molecule has 0 bridgehead atoms. The highest BCUT2D eigenvalue weighted by Crippen LogP contribution is 2.18. The Labute approximate surface area is 144 Å². The number of carbonyl (C=O) groups is 3. The Hall–Kier alpha value is -2.50. The number of hydrogen-bond donors (Lipinski definition) is 3. The van der Waals surface area contributed by atoms with Crippen LogP contribution in [-0.4, -0.2) is 50.8 Å². The fraction of sp³-hybridized carbons (Fsp3) is 0.357. The summed E-state index contributed by atoms with van der Waals surface area (Å²) in [6, 6.07) is 5.00. The lowest BCUT2D eigenvalue weighted by atomic mass is 10.2. The molecule has 0 saturated heterocycles. The van der Waals surface area contributed by atoms with Crippen LogP contribution >= 0.6 is 0 Å². The number of hydrogen-bond acceptors (Lipinski definition) is 6. The average Bonchev–Trinajstić information content (AvgIpc) is 3.42. The SMILES string of the molecule is CON(C)S(=O)(=O)c1ccc(C(=O)NNC(=O)C(=O)NC2CC2)cc1. The summed E-state index contributed by atoms with van der Waals surface area (Å²) >= 11 is 0. The monoisotopic (exact) mass is 370 g/mol. The van der Waals surface area contributed by atoms with Gasteiger partial charge >= 0.3 is 11.8 Å². The largest absolute Gasteiger partial charge is 0.345 e. The zero-order chi connectivity index (χ0) is 18.6. The van der Waals surface area contributed by atoms with Gasteiger partial charge in [0.25, 0.3) is 15.9 Å². The van der Waals surface area contributed by atoms with Crippen molar-refractivity contribution in [1.82, 2.24) is 20.6 Å². The Morgan fingerprint density at radius 2 is 1.68 bits per heavy atom. The van der Waals surface area contributed by atoms with Gasteiger partial charge in [-0.3, -0.25) is 30.1 Å². The summed E-state index contributed by atoms with van der Waals surface area (Å²) in [6.07, 6.45) is 1.66. The molecular formula is C14H18N4O6S. The van der Waals surface area contributed by atoms with E-state index in [-0.39, 0.29) is 16.5 Å². The lowest BCUT2D eigenvalue weighted by molar-refractivity contribution is -0.139. The number of benzene rings is 1. The fourth-order valence-electron chi connectivity index (χ4n) is 1.75. The van der Waals surface area contributed by atoms with Crippen LogP contribution in [0.4, 0.5) is 0 Å². The predicted molar refractivity (Wildman–Crippen MR) is 85.2 cm³/mol. The molecule has 3 amide bonds. The maximum absolute atomic E-state index is 12.0. The van der Waals surface area contributed by atoms with Gasteiger partial charge in [-0.2, -0.15) is 0 Å². The van der Waals surface area contributed by atoms with Crippen molar-refractivity contribution < 1.29 is 27.6 Å². The summed E-state index contributed by atoms with van der Waals surface area (Å²) in [4.78, 5) is 39.4. The number of amides is 3. The van der Waals surface area contributed by atoms with Crippen molar-refractivity contribution in [3.63, 3.8) is 0 Å². The maximum Gasteiger partial charge on any atom is 0.327 e. The van der Waals surface area contributed by atoms with E-state index in [9.17, 15) is 22.8 Å². The van der Waals surface area contributed by atoms with Gasteiger partial charge in [0.2, 0.25) is 0 Å². The molecule has 0 unspecified atom stereocenters. The summed E-state index contributed by atoms with van der Waals surface area (Å²) in [5, 5.41) is 2.47. The van der Waals surface area contributed by atoms with Crippen molar-refractivity contribution in [3.05, 3.63) is 29.8 Å². The number of rotatable bonds is 5. The molecule has 0 heterocycles. The van der Waals surface area contributed by atoms with E-state index in [2.05, 4.69) is 15.6 Å². The molecule has 0 radical (unpaired) electrons. The lowest BCUT2D eigenvalue weighted by Gasteiger charge is -2.14. The zero-order valence-corrected chi connectivity index (χ0v) is 14.4. The van der Waals surface area contributed by atoms with Gasteiger partial charge in [0.1, 0.15) is 0 Å². The van der Waals surface area contributed by atoms with Crippen molar-refractivity contribution in [1.29, 1.82) is 0 Å². The molecule has 1 saturated carbocycles. The van der Waals surface area contributed by atoms with Crippen molar-refractivity contribution in [2.45, 2.75) is 23.8 Å². The molecule has 3 N–H and O–H groups in total. The van der Waals surface area contributed by atoms with Crippen molar-refractivity contribution in [3.8, 4) is 0 Å². The predicted octanol–water partition coefficient (Wildman–Crippen LogP) is -1.09. The third kappa shape index (κ3) is 4.75. The van der Waals surface area contributed by atoms with Gasteiger partial charge in [0.15, 0.2) is 0 Å². The molecular weight excluding hydrogens is 352 g/mol. The van der Waals surface area contributed by atoms with Crippen LogP contribution in [0.25, 0.3) is 0 Å². The molecule has 25 heavy (non-hydrogen) atoms. The molecule has 136 valence electrons. The first-order valence-electron chi connectivity index (χ1n) is 7.30. The van der Waals surface area contributed by atoms with Crippen molar-refractivity contribution >= 4 is 27.7 Å². The third-order valence-corrected chi connectivity index (χ3v) is 5.11. The summed E-state index contributed by atoms with van der Waals surface area (Å²) in [7, 11) is -1.37. The minimum atomic E-state index is -3.82. The van der Waals surface area contributed by atoms with Crippen LogP contribution < -0.4 is 16.2 Å². The minimum absolute atomic E-state index is 0.0219. The van der Waals surface area contributed by atoms with Crippen LogP contribution in [0, 0.1) is 0 Å². The van der Waals surface area contributed by atoms with E-state index in [1.807, 2.05) is 5.43 Å². The second kappa shape index (κ2) is 7.59. The normalized spacial score (nSPS) is 14.0. The average molecular weight is 370 g/mol. The first kappa shape index (κ1) is 18.8. The Balaban J connectivity index is 1.93. The van der Waals surface area contributed by atoms with E-state index >= 15 is 0 Å². The molecule has 0 atom stereocenters. The highest BCUT2D eigenvalue weighted by molar-refractivity contribution is 7.89. The van der Waals surface area contributed by atoms with Crippen LogP contribution in [0.3, 0.4) is 0 Å². The maximum atomic E-state index is 12.0. The van der Waals surface area contributed by atoms with Crippen LogP contribution in [0.15, 0.2) is 29.2 Å². The second-order valence-electron chi connectivity index (χ2n) is 5.28. The Bertz CT molecular complexity index is 773. The molecule has 0 aromatic heterocycles. The van der Waals surface area contributed by atoms with E-state index in [1.54, 1.807) is 0 Å². The first-order valence-corrected chi connectivity index (χ1v) is 8.74. The third-order valence-electron chi connectivity index (χ3n) is 3.42. The van der Waals surface area contributed by atoms with E-state index < -0.39 is 27.7 Å². The molecule has 1 aromatic rings. The quantitative estimate of drug-likeness (QED) is 0.445. The minimum Gasteiger partial charge on any atom is -0.345 e. The summed E-state index contributed by atoms with van der Waals surface area (Å²) in [5.74, 6) is -2.51. The summed E-state index contributed by atoms with van der Waals surface area (Å²) in [5.41, 5.74) is 4.17. The number of nitrogens with zero attached hydrogens (tertiary/aromatic N) is 1. The lowest BCUT2D eigenvalue weighted by Crippen LogP contribution is -2.48. The van der Waals surface area contributed by atoms with Gasteiger partial charge in [-0.15, -0.1) is 0 Å². The highest BCUT2D eigenvalue weighted by Gasteiger charge is 2.26. The highest BCUT2D eigenvalue weighted by atomic mass is 32.2. The van der Waals surface area contributed by atoms with E-state index in [0.717, 1.165) is 12.8 Å². The summed E-state index contributed by atoms with van der Waals surface area (Å²) in [6.45, 7) is 0. The second-order valence-corrected chi connectivity index (χ2v) is 7.21. The van der Waals surface area contributed by atoms with Gasteiger partial charge in [-0.05, 0) is 37.1 Å². The number of hydrazine groups is 1. The first-order chi connectivity index (χ1) is 11.8. The Morgan fingerprint density at radius 3 is 2.20 bits per heavy atom. The van der Waals surface area contributed by atoms with E-state index in [0.29, 0.717) is 4.47 Å². The molecule has 10 nitrogen and oxygen atoms in total. The molecule has 2 rings (SSSR count). The van der Waals surface area contributed by atoms with Gasteiger partial charge < -0.3 is 5.32 Å². The molecule has 11 heteroatoms. The Morgan fingerprint density at radius 1 is 1.08 bits per heavy atom. The van der Waals surface area contributed by atoms with Crippen LogP contribution in [0.2, 0.25) is 0 Å².